The molecular formula is C14H20N2O4. The number of aryl methyl sites for hydroxylation is 2. The summed E-state index contributed by atoms with van der Waals surface area (Å²) in [6.07, 6.45) is 3.61. The minimum Gasteiger partial charge on any atom is -0.478 e. The van der Waals surface area contributed by atoms with Crippen LogP contribution in [-0.2, 0) is 17.6 Å². The third kappa shape index (κ3) is 3.68. The number of aliphatic hydroxyl groups is 1. The van der Waals surface area contributed by atoms with Gasteiger partial charge in [-0.2, -0.15) is 0 Å². The van der Waals surface area contributed by atoms with Crippen LogP contribution in [0.25, 0.3) is 0 Å². The fourth-order valence-corrected chi connectivity index (χ4v) is 2.32. The summed E-state index contributed by atoms with van der Waals surface area (Å²) in [5.74, 6) is -0.508. The lowest BCUT2D eigenvalue weighted by Gasteiger charge is -2.11. The summed E-state index contributed by atoms with van der Waals surface area (Å²) in [5, 5.41) is 20.9. The highest BCUT2D eigenvalue weighted by atomic mass is 16.5. The van der Waals surface area contributed by atoms with Gasteiger partial charge in [0.05, 0.1) is 13.2 Å². The van der Waals surface area contributed by atoms with Gasteiger partial charge in [0.1, 0.15) is 11.4 Å². The number of hydrogen-bond donors (Lipinski definition) is 3. The van der Waals surface area contributed by atoms with Gasteiger partial charge in [-0.1, -0.05) is 0 Å². The Morgan fingerprint density at radius 2 is 2.25 bits per heavy atom. The van der Waals surface area contributed by atoms with Crippen LogP contribution >= 0.6 is 0 Å². The Labute approximate surface area is 117 Å². The van der Waals surface area contributed by atoms with Gasteiger partial charge in [-0.3, -0.25) is 0 Å². The minimum absolute atomic E-state index is 0.0168. The maximum Gasteiger partial charge on any atom is 0.339 e. The van der Waals surface area contributed by atoms with Gasteiger partial charge >= 0.3 is 5.97 Å². The van der Waals surface area contributed by atoms with Gasteiger partial charge in [-0.25, -0.2) is 9.78 Å². The first-order chi connectivity index (χ1) is 9.72. The van der Waals surface area contributed by atoms with Crippen molar-refractivity contribution in [2.45, 2.75) is 25.7 Å². The molecule has 3 N–H and O–H groups in total. The van der Waals surface area contributed by atoms with E-state index in [-0.39, 0.29) is 12.2 Å². The third-order valence-electron chi connectivity index (χ3n) is 3.27. The number of aromatic nitrogens is 1. The van der Waals surface area contributed by atoms with Gasteiger partial charge in [0.15, 0.2) is 0 Å². The van der Waals surface area contributed by atoms with Crippen LogP contribution in [-0.4, -0.2) is 47.5 Å². The quantitative estimate of drug-likeness (QED) is 0.617. The molecule has 0 fully saturated rings. The normalized spacial score (nSPS) is 13.2. The van der Waals surface area contributed by atoms with Crippen LogP contribution in [0.15, 0.2) is 6.07 Å². The number of carbonyl (C=O) groups is 1. The highest BCUT2D eigenvalue weighted by Crippen LogP contribution is 2.25. The monoisotopic (exact) mass is 280 g/mol. The number of aromatic carboxylic acids is 1. The topological polar surface area (TPSA) is 91.7 Å². The second-order valence-corrected chi connectivity index (χ2v) is 4.77. The van der Waals surface area contributed by atoms with Gasteiger partial charge in [0.25, 0.3) is 0 Å². The molecule has 1 aromatic rings. The standard InChI is InChI=1S/C14H20N2O4/c17-6-8-20-7-2-5-15-13-11(14(18)19)9-10-3-1-4-12(10)16-13/h9,17H,1-8H2,(H,15,16)(H,18,19). The van der Waals surface area contributed by atoms with E-state index in [1.807, 2.05) is 0 Å². The van der Waals surface area contributed by atoms with Crippen molar-refractivity contribution in [1.29, 1.82) is 0 Å². The SMILES string of the molecule is O=C(O)c1cc2c(nc1NCCCOCCO)CCC2. The Balaban J connectivity index is 1.94. The highest BCUT2D eigenvalue weighted by molar-refractivity contribution is 5.93. The molecule has 0 saturated carbocycles. The summed E-state index contributed by atoms with van der Waals surface area (Å²) >= 11 is 0. The molecule has 0 radical (unpaired) electrons. The summed E-state index contributed by atoms with van der Waals surface area (Å²) in [6.45, 7) is 1.47. The molecule has 0 atom stereocenters. The maximum absolute atomic E-state index is 11.3. The fraction of sp³-hybridized carbons (Fsp3) is 0.571. The molecule has 1 heterocycles. The zero-order valence-corrected chi connectivity index (χ0v) is 11.4. The number of aliphatic hydroxyl groups excluding tert-OH is 1. The summed E-state index contributed by atoms with van der Waals surface area (Å²) in [7, 11) is 0. The molecule has 20 heavy (non-hydrogen) atoms. The number of anilines is 1. The Kier molecular flexibility index (Phi) is 5.31. The molecule has 6 nitrogen and oxygen atoms in total. The summed E-state index contributed by atoms with van der Waals surface area (Å²) < 4.78 is 5.15. The smallest absolute Gasteiger partial charge is 0.339 e. The first kappa shape index (κ1) is 14.7. The number of rotatable bonds is 8. The largest absolute Gasteiger partial charge is 0.478 e. The number of nitrogens with one attached hydrogen (secondary N) is 1. The van der Waals surface area contributed by atoms with E-state index in [2.05, 4.69) is 10.3 Å². The van der Waals surface area contributed by atoms with Gasteiger partial charge in [-0.05, 0) is 37.3 Å². The molecule has 1 aliphatic carbocycles. The first-order valence-corrected chi connectivity index (χ1v) is 6.91. The number of carboxylic acids is 1. The van der Waals surface area contributed by atoms with Gasteiger partial charge in [0.2, 0.25) is 0 Å². The average molecular weight is 280 g/mol. The number of carboxylic acid groups (broad SMARTS) is 1. The zero-order valence-electron chi connectivity index (χ0n) is 11.4. The molecule has 0 bridgehead atoms. The molecule has 0 aliphatic heterocycles. The van der Waals surface area contributed by atoms with E-state index in [1.165, 1.54) is 0 Å². The fourth-order valence-electron chi connectivity index (χ4n) is 2.32. The summed E-state index contributed by atoms with van der Waals surface area (Å²) in [4.78, 5) is 15.7. The van der Waals surface area contributed by atoms with Crippen molar-refractivity contribution in [3.8, 4) is 0 Å². The number of fused-ring (bicyclic) bond motifs is 1. The maximum atomic E-state index is 11.3. The van der Waals surface area contributed by atoms with Crippen molar-refractivity contribution in [3.63, 3.8) is 0 Å². The second-order valence-electron chi connectivity index (χ2n) is 4.77. The van der Waals surface area contributed by atoms with E-state index in [1.54, 1.807) is 6.07 Å². The van der Waals surface area contributed by atoms with Crippen molar-refractivity contribution in [2.24, 2.45) is 0 Å². The summed E-state index contributed by atoms with van der Waals surface area (Å²) in [5.41, 5.74) is 2.30. The van der Waals surface area contributed by atoms with E-state index >= 15 is 0 Å². The molecule has 0 unspecified atom stereocenters. The molecular weight excluding hydrogens is 260 g/mol. The minimum atomic E-state index is -0.953. The van der Waals surface area contributed by atoms with E-state index in [0.717, 1.165) is 36.9 Å². The Hall–Kier alpha value is -1.66. The molecule has 1 aliphatic rings. The summed E-state index contributed by atoms with van der Waals surface area (Å²) in [6, 6.07) is 1.74. The number of ether oxygens (including phenoxy) is 1. The molecule has 110 valence electrons. The van der Waals surface area contributed by atoms with Crippen LogP contribution in [0.4, 0.5) is 5.82 Å². The lowest BCUT2D eigenvalue weighted by atomic mass is 10.1. The predicted molar refractivity (Wildman–Crippen MR) is 74.2 cm³/mol. The Bertz CT molecular complexity index is 476. The lowest BCUT2D eigenvalue weighted by Crippen LogP contribution is -2.13. The van der Waals surface area contributed by atoms with E-state index in [4.69, 9.17) is 9.84 Å². The van der Waals surface area contributed by atoms with Gasteiger partial charge in [-0.15, -0.1) is 0 Å². The number of pyridine rings is 1. The third-order valence-corrected chi connectivity index (χ3v) is 3.27. The van der Waals surface area contributed by atoms with Crippen LogP contribution in [0.3, 0.4) is 0 Å². The number of nitrogens with zero attached hydrogens (tertiary/aromatic N) is 1. The molecule has 6 heteroatoms. The predicted octanol–water partition coefficient (Wildman–Crippen LogP) is 1.08. The molecule has 0 spiro atoms. The molecule has 0 aromatic carbocycles. The molecule has 0 amide bonds. The van der Waals surface area contributed by atoms with E-state index < -0.39 is 5.97 Å². The van der Waals surface area contributed by atoms with Crippen LogP contribution in [0, 0.1) is 0 Å². The number of hydrogen-bond acceptors (Lipinski definition) is 5. The van der Waals surface area contributed by atoms with Crippen molar-refractivity contribution in [2.75, 3.05) is 31.7 Å². The molecule has 2 rings (SSSR count). The van der Waals surface area contributed by atoms with E-state index in [9.17, 15) is 9.90 Å². The average Bonchev–Trinajstić information content (AvgIpc) is 2.88. The molecule has 0 saturated heterocycles. The van der Waals surface area contributed by atoms with Crippen LogP contribution in [0.5, 0.6) is 0 Å². The van der Waals surface area contributed by atoms with Crippen molar-refractivity contribution >= 4 is 11.8 Å². The van der Waals surface area contributed by atoms with E-state index in [0.29, 0.717) is 25.6 Å². The van der Waals surface area contributed by atoms with Crippen LogP contribution in [0.2, 0.25) is 0 Å². The van der Waals surface area contributed by atoms with Crippen molar-refractivity contribution in [1.82, 2.24) is 4.98 Å². The van der Waals surface area contributed by atoms with Crippen molar-refractivity contribution < 1.29 is 19.7 Å². The van der Waals surface area contributed by atoms with Crippen molar-refractivity contribution in [3.05, 3.63) is 22.9 Å². The van der Waals surface area contributed by atoms with Crippen LogP contribution < -0.4 is 5.32 Å². The van der Waals surface area contributed by atoms with Gasteiger partial charge < -0.3 is 20.3 Å². The Morgan fingerprint density at radius 1 is 1.40 bits per heavy atom. The zero-order chi connectivity index (χ0) is 14.4. The highest BCUT2D eigenvalue weighted by Gasteiger charge is 2.19. The Morgan fingerprint density at radius 3 is 3.00 bits per heavy atom. The molecule has 1 aromatic heterocycles. The lowest BCUT2D eigenvalue weighted by molar-refractivity contribution is 0.0697. The second kappa shape index (κ2) is 7.21. The van der Waals surface area contributed by atoms with Crippen LogP contribution in [0.1, 0.15) is 34.5 Å². The first-order valence-electron chi connectivity index (χ1n) is 6.91. The van der Waals surface area contributed by atoms with Gasteiger partial charge in [0, 0.05) is 18.8 Å².